The highest BCUT2D eigenvalue weighted by atomic mass is 35.5. The highest BCUT2D eigenvalue weighted by Gasteiger charge is 2.39. The number of hydrogen-bond donors (Lipinski definition) is 0. The zero-order valence-electron chi connectivity index (χ0n) is 10.9. The fourth-order valence-corrected chi connectivity index (χ4v) is 1.93. The molecule has 0 saturated carbocycles. The van der Waals surface area contributed by atoms with Gasteiger partial charge in [0.25, 0.3) is 5.91 Å². The van der Waals surface area contributed by atoms with Crippen molar-refractivity contribution in [1.82, 2.24) is 9.80 Å². The van der Waals surface area contributed by atoms with Gasteiger partial charge in [-0.3, -0.25) is 9.69 Å². The van der Waals surface area contributed by atoms with Gasteiger partial charge >= 0.3 is 6.03 Å². The van der Waals surface area contributed by atoms with Crippen LogP contribution in [0.15, 0.2) is 36.2 Å². The van der Waals surface area contributed by atoms with Crippen molar-refractivity contribution < 1.29 is 9.59 Å². The van der Waals surface area contributed by atoms with E-state index in [9.17, 15) is 9.59 Å². The van der Waals surface area contributed by atoms with Gasteiger partial charge in [0.05, 0.1) is 5.69 Å². The van der Waals surface area contributed by atoms with Crippen molar-refractivity contribution in [2.45, 2.75) is 0 Å². The van der Waals surface area contributed by atoms with Crippen molar-refractivity contribution >= 4 is 29.2 Å². The molecule has 1 aromatic carbocycles. The molecule has 0 unspecified atom stereocenters. The first kappa shape index (κ1) is 13.4. The molecular formula is C13H14ClN3O2. The van der Waals surface area contributed by atoms with Crippen molar-refractivity contribution in [2.75, 3.05) is 26.0 Å². The summed E-state index contributed by atoms with van der Waals surface area (Å²) in [5, 5.41) is 0.556. The Balaban J connectivity index is 2.40. The molecule has 0 aromatic heterocycles. The molecule has 5 nitrogen and oxygen atoms in total. The summed E-state index contributed by atoms with van der Waals surface area (Å²) in [6.07, 6.45) is 1.62. The summed E-state index contributed by atoms with van der Waals surface area (Å²) < 4.78 is 0. The highest BCUT2D eigenvalue weighted by Crippen LogP contribution is 2.27. The zero-order valence-corrected chi connectivity index (χ0v) is 11.7. The Bertz CT molecular complexity index is 552. The quantitative estimate of drug-likeness (QED) is 0.615. The van der Waals surface area contributed by atoms with Crippen LogP contribution in [0.2, 0.25) is 5.02 Å². The van der Waals surface area contributed by atoms with Gasteiger partial charge in [0, 0.05) is 32.4 Å². The molecule has 0 radical (unpaired) electrons. The number of halogens is 1. The molecule has 1 aromatic rings. The van der Waals surface area contributed by atoms with E-state index in [2.05, 4.69) is 0 Å². The lowest BCUT2D eigenvalue weighted by atomic mass is 10.3. The maximum atomic E-state index is 12.3. The zero-order chi connectivity index (χ0) is 14.2. The first-order valence-electron chi connectivity index (χ1n) is 5.68. The van der Waals surface area contributed by atoms with Gasteiger partial charge in [-0.1, -0.05) is 11.6 Å². The van der Waals surface area contributed by atoms with Crippen LogP contribution in [0, 0.1) is 0 Å². The fraction of sp³-hybridized carbons (Fsp3) is 0.231. The van der Waals surface area contributed by atoms with Gasteiger partial charge in [-0.2, -0.15) is 0 Å². The van der Waals surface area contributed by atoms with Crippen LogP contribution < -0.4 is 4.90 Å². The second-order valence-corrected chi connectivity index (χ2v) is 4.87. The number of benzene rings is 1. The summed E-state index contributed by atoms with van der Waals surface area (Å²) in [6.45, 7) is 0. The number of carbonyl (C=O) groups is 2. The van der Waals surface area contributed by atoms with Crippen LogP contribution in [0.1, 0.15) is 0 Å². The van der Waals surface area contributed by atoms with E-state index in [4.69, 9.17) is 11.6 Å². The minimum absolute atomic E-state index is 0.338. The Morgan fingerprint density at radius 2 is 1.74 bits per heavy atom. The fourth-order valence-electron chi connectivity index (χ4n) is 1.80. The summed E-state index contributed by atoms with van der Waals surface area (Å²) in [6, 6.07) is 6.20. The van der Waals surface area contributed by atoms with Crippen LogP contribution in [0.4, 0.5) is 10.5 Å². The number of rotatable bonds is 2. The first-order valence-corrected chi connectivity index (χ1v) is 6.05. The molecular weight excluding hydrogens is 266 g/mol. The highest BCUT2D eigenvalue weighted by molar-refractivity contribution is 6.31. The second-order valence-electron chi connectivity index (χ2n) is 4.44. The Labute approximate surface area is 116 Å². The molecule has 0 N–H and O–H groups in total. The van der Waals surface area contributed by atoms with Crippen LogP contribution >= 0.6 is 11.6 Å². The molecule has 1 saturated heterocycles. The summed E-state index contributed by atoms with van der Waals surface area (Å²) in [4.78, 5) is 28.6. The molecule has 0 atom stereocenters. The molecule has 2 rings (SSSR count). The number of carbonyl (C=O) groups excluding carboxylic acids is 2. The van der Waals surface area contributed by atoms with E-state index >= 15 is 0 Å². The molecule has 1 heterocycles. The van der Waals surface area contributed by atoms with Gasteiger partial charge in [-0.15, -0.1) is 0 Å². The summed E-state index contributed by atoms with van der Waals surface area (Å²) >= 11 is 5.80. The molecule has 6 heteroatoms. The van der Waals surface area contributed by atoms with E-state index in [0.717, 1.165) is 4.90 Å². The Morgan fingerprint density at radius 1 is 1.16 bits per heavy atom. The molecule has 1 aliphatic rings. The first-order chi connectivity index (χ1) is 8.91. The lowest BCUT2D eigenvalue weighted by Gasteiger charge is -2.13. The minimum atomic E-state index is -0.375. The smallest absolute Gasteiger partial charge is 0.336 e. The standard InChI is InChI=1S/C13H14ClN3O2/c1-15(2)8-11-12(18)17(13(19)16(11)3)10-6-4-9(14)5-7-10/h4-8H,1-3H3/b11-8-. The van der Waals surface area contributed by atoms with Crippen LogP contribution in [0.3, 0.4) is 0 Å². The van der Waals surface area contributed by atoms with E-state index in [1.165, 1.54) is 4.90 Å². The van der Waals surface area contributed by atoms with Gasteiger partial charge in [-0.25, -0.2) is 9.69 Å². The third-order valence-corrected chi connectivity index (χ3v) is 2.98. The molecule has 19 heavy (non-hydrogen) atoms. The number of amides is 3. The SMILES string of the molecule is CN(C)/C=C1/C(=O)N(c2ccc(Cl)cc2)C(=O)N1C. The number of imide groups is 1. The van der Waals surface area contributed by atoms with Gasteiger partial charge in [0.2, 0.25) is 0 Å². The van der Waals surface area contributed by atoms with Crippen molar-refractivity contribution in [1.29, 1.82) is 0 Å². The Kier molecular flexibility index (Phi) is 3.48. The Morgan fingerprint density at radius 3 is 2.26 bits per heavy atom. The molecule has 0 bridgehead atoms. The normalized spacial score (nSPS) is 17.6. The number of anilines is 1. The van der Waals surface area contributed by atoms with Gasteiger partial charge in [-0.05, 0) is 24.3 Å². The van der Waals surface area contributed by atoms with Gasteiger partial charge < -0.3 is 4.90 Å². The molecule has 0 aliphatic carbocycles. The van der Waals surface area contributed by atoms with Crippen LogP contribution in [-0.4, -0.2) is 42.9 Å². The van der Waals surface area contributed by atoms with Gasteiger partial charge in [0.1, 0.15) is 5.70 Å². The van der Waals surface area contributed by atoms with E-state index in [-0.39, 0.29) is 11.9 Å². The predicted molar refractivity (Wildman–Crippen MR) is 73.9 cm³/mol. The largest absolute Gasteiger partial charge is 0.382 e. The summed E-state index contributed by atoms with van der Waals surface area (Å²) in [5.41, 5.74) is 0.846. The number of nitrogens with zero attached hydrogens (tertiary/aromatic N) is 3. The van der Waals surface area contributed by atoms with E-state index in [1.54, 1.807) is 56.5 Å². The van der Waals surface area contributed by atoms with E-state index in [0.29, 0.717) is 16.4 Å². The van der Waals surface area contributed by atoms with E-state index < -0.39 is 0 Å². The lowest BCUT2D eigenvalue weighted by molar-refractivity contribution is -0.114. The van der Waals surface area contributed by atoms with Crippen molar-refractivity contribution in [3.63, 3.8) is 0 Å². The number of urea groups is 1. The van der Waals surface area contributed by atoms with Crippen molar-refractivity contribution in [3.05, 3.63) is 41.2 Å². The van der Waals surface area contributed by atoms with Crippen molar-refractivity contribution in [2.24, 2.45) is 0 Å². The van der Waals surface area contributed by atoms with E-state index in [1.807, 2.05) is 0 Å². The third-order valence-electron chi connectivity index (χ3n) is 2.73. The molecule has 1 aliphatic heterocycles. The predicted octanol–water partition coefficient (Wildman–Crippen LogP) is 2.14. The van der Waals surface area contributed by atoms with Crippen molar-refractivity contribution in [3.8, 4) is 0 Å². The molecule has 100 valence electrons. The minimum Gasteiger partial charge on any atom is -0.382 e. The Hall–Kier alpha value is -2.01. The van der Waals surface area contributed by atoms with Crippen LogP contribution in [0.25, 0.3) is 0 Å². The average Bonchev–Trinajstić information content (AvgIpc) is 2.55. The number of hydrogen-bond acceptors (Lipinski definition) is 3. The lowest BCUT2D eigenvalue weighted by Crippen LogP contribution is -2.31. The summed E-state index contributed by atoms with van der Waals surface area (Å²) in [5.74, 6) is -0.344. The summed E-state index contributed by atoms with van der Waals surface area (Å²) in [7, 11) is 5.17. The monoisotopic (exact) mass is 279 g/mol. The maximum absolute atomic E-state index is 12.3. The second kappa shape index (κ2) is 4.93. The third kappa shape index (κ3) is 2.42. The molecule has 1 fully saturated rings. The van der Waals surface area contributed by atoms with Crippen LogP contribution in [0.5, 0.6) is 0 Å². The topological polar surface area (TPSA) is 43.9 Å². The molecule has 3 amide bonds. The number of likely N-dealkylation sites (N-methyl/N-ethyl adjacent to an activating group) is 1. The molecule has 0 spiro atoms. The maximum Gasteiger partial charge on any atom is 0.336 e. The van der Waals surface area contributed by atoms with Crippen LogP contribution in [-0.2, 0) is 4.79 Å². The van der Waals surface area contributed by atoms with Gasteiger partial charge in [0.15, 0.2) is 0 Å². The average molecular weight is 280 g/mol.